The van der Waals surface area contributed by atoms with E-state index in [1.54, 1.807) is 25.3 Å². The monoisotopic (exact) mass is 312 g/mol. The Bertz CT molecular complexity index is 773. The van der Waals surface area contributed by atoms with Crippen LogP contribution in [-0.4, -0.2) is 13.1 Å². The van der Waals surface area contributed by atoms with Crippen molar-refractivity contribution in [3.63, 3.8) is 0 Å². The van der Waals surface area contributed by atoms with Gasteiger partial charge in [-0.15, -0.1) is 0 Å². The van der Waals surface area contributed by atoms with Gasteiger partial charge in [-0.2, -0.15) is 0 Å². The number of cyclic esters (lactones) is 1. The van der Waals surface area contributed by atoms with Crippen LogP contribution in [0.3, 0.4) is 0 Å². The third-order valence-electron chi connectivity index (χ3n) is 3.32. The molecule has 0 aromatic heterocycles. The topological polar surface area (TPSA) is 35.5 Å². The van der Waals surface area contributed by atoms with Gasteiger partial charge in [-0.3, -0.25) is 0 Å². The predicted octanol–water partition coefficient (Wildman–Crippen LogP) is 4.33. The quantitative estimate of drug-likeness (QED) is 0.625. The number of rotatable bonds is 3. The molecule has 0 atom stereocenters. The fourth-order valence-corrected chi connectivity index (χ4v) is 2.34. The lowest BCUT2D eigenvalue weighted by molar-refractivity contribution is -0.130. The van der Waals surface area contributed by atoms with Gasteiger partial charge in [0.2, 0.25) is 0 Å². The molecule has 1 heterocycles. The molecule has 0 unspecified atom stereocenters. The van der Waals surface area contributed by atoms with Crippen molar-refractivity contribution in [1.82, 2.24) is 0 Å². The number of hydrogen-bond donors (Lipinski definition) is 0. The van der Waals surface area contributed by atoms with Crippen molar-refractivity contribution in [2.24, 2.45) is 0 Å². The second-order valence-corrected chi connectivity index (χ2v) is 5.16. The van der Waals surface area contributed by atoms with Gasteiger partial charge in [0.15, 0.2) is 0 Å². The van der Waals surface area contributed by atoms with Crippen molar-refractivity contribution in [1.29, 1.82) is 0 Å². The van der Waals surface area contributed by atoms with Gasteiger partial charge in [0.1, 0.15) is 11.5 Å². The molecule has 0 spiro atoms. The molecule has 110 valence electrons. The zero-order chi connectivity index (χ0) is 15.5. The summed E-state index contributed by atoms with van der Waals surface area (Å²) in [6.07, 6.45) is 3.44. The average Bonchev–Trinajstić information content (AvgIpc) is 2.91. The summed E-state index contributed by atoms with van der Waals surface area (Å²) in [5, 5.41) is 0.592. The number of methoxy groups -OCH3 is 1. The summed E-state index contributed by atoms with van der Waals surface area (Å²) >= 11 is 6.11. The number of hydrogen-bond acceptors (Lipinski definition) is 3. The number of ether oxygens (including phenoxy) is 2. The SMILES string of the molecule is COc1ccc(C2=CC(=Cc3ccccc3Cl)C(=O)O2)cc1. The normalized spacial score (nSPS) is 15.6. The first-order valence-electron chi connectivity index (χ1n) is 6.72. The van der Waals surface area contributed by atoms with Crippen molar-refractivity contribution < 1.29 is 14.3 Å². The molecule has 0 N–H and O–H groups in total. The summed E-state index contributed by atoms with van der Waals surface area (Å²) in [6.45, 7) is 0. The van der Waals surface area contributed by atoms with Crippen LogP contribution in [0.4, 0.5) is 0 Å². The minimum absolute atomic E-state index is 0.384. The summed E-state index contributed by atoms with van der Waals surface area (Å²) < 4.78 is 10.4. The van der Waals surface area contributed by atoms with Gasteiger partial charge in [0.05, 0.1) is 12.7 Å². The molecule has 0 fully saturated rings. The zero-order valence-corrected chi connectivity index (χ0v) is 12.6. The zero-order valence-electron chi connectivity index (χ0n) is 11.9. The van der Waals surface area contributed by atoms with Gasteiger partial charge in [0, 0.05) is 10.6 Å². The Hall–Kier alpha value is -2.52. The largest absolute Gasteiger partial charge is 0.497 e. The number of carbonyl (C=O) groups excluding carboxylic acids is 1. The molecule has 0 aliphatic carbocycles. The van der Waals surface area contributed by atoms with E-state index in [0.717, 1.165) is 16.9 Å². The smallest absolute Gasteiger partial charge is 0.343 e. The van der Waals surface area contributed by atoms with Crippen molar-refractivity contribution >= 4 is 29.4 Å². The fourth-order valence-electron chi connectivity index (χ4n) is 2.15. The molecule has 0 amide bonds. The van der Waals surface area contributed by atoms with Crippen molar-refractivity contribution in [3.05, 3.63) is 76.3 Å². The maximum atomic E-state index is 12.0. The van der Waals surface area contributed by atoms with Gasteiger partial charge < -0.3 is 9.47 Å². The van der Waals surface area contributed by atoms with E-state index in [-0.39, 0.29) is 5.97 Å². The first kappa shape index (κ1) is 14.4. The van der Waals surface area contributed by atoms with Gasteiger partial charge in [-0.05, 0) is 48.0 Å². The van der Waals surface area contributed by atoms with Crippen LogP contribution in [0.15, 0.2) is 60.2 Å². The summed E-state index contributed by atoms with van der Waals surface area (Å²) in [5.41, 5.74) is 2.07. The third-order valence-corrected chi connectivity index (χ3v) is 3.66. The van der Waals surface area contributed by atoms with Crippen LogP contribution in [0.2, 0.25) is 5.02 Å². The molecule has 4 heteroatoms. The standard InChI is InChI=1S/C18H13ClO3/c1-21-15-8-6-12(7-9-15)17-11-14(18(20)22-17)10-13-4-2-3-5-16(13)19/h2-11H,1H3. The van der Waals surface area contributed by atoms with Gasteiger partial charge in [-0.25, -0.2) is 4.79 Å². The van der Waals surface area contributed by atoms with Crippen molar-refractivity contribution in [2.75, 3.05) is 7.11 Å². The Kier molecular flexibility index (Phi) is 3.98. The molecule has 1 aliphatic rings. The molecule has 0 saturated carbocycles. The minimum atomic E-state index is -0.384. The molecule has 3 rings (SSSR count). The summed E-state index contributed by atoms with van der Waals surface area (Å²) in [4.78, 5) is 12.0. The van der Waals surface area contributed by atoms with Gasteiger partial charge in [0.25, 0.3) is 0 Å². The fraction of sp³-hybridized carbons (Fsp3) is 0.0556. The van der Waals surface area contributed by atoms with Crippen LogP contribution in [-0.2, 0) is 9.53 Å². The summed E-state index contributed by atoms with van der Waals surface area (Å²) in [7, 11) is 1.61. The van der Waals surface area contributed by atoms with Crippen molar-refractivity contribution in [3.8, 4) is 5.75 Å². The first-order chi connectivity index (χ1) is 10.7. The van der Waals surface area contributed by atoms with E-state index in [1.807, 2.05) is 42.5 Å². The van der Waals surface area contributed by atoms with E-state index in [4.69, 9.17) is 21.1 Å². The Morgan fingerprint density at radius 3 is 2.50 bits per heavy atom. The number of esters is 1. The van der Waals surface area contributed by atoms with Crippen LogP contribution >= 0.6 is 11.6 Å². The first-order valence-corrected chi connectivity index (χ1v) is 7.10. The molecule has 3 nitrogen and oxygen atoms in total. The van der Waals surface area contributed by atoms with E-state index in [1.165, 1.54) is 0 Å². The second kappa shape index (κ2) is 6.08. The Balaban J connectivity index is 1.92. The van der Waals surface area contributed by atoms with E-state index in [9.17, 15) is 4.79 Å². The highest BCUT2D eigenvalue weighted by Crippen LogP contribution is 2.29. The maximum absolute atomic E-state index is 12.0. The van der Waals surface area contributed by atoms with Crippen LogP contribution in [0.5, 0.6) is 5.75 Å². The molecular weight excluding hydrogens is 300 g/mol. The second-order valence-electron chi connectivity index (χ2n) is 4.75. The van der Waals surface area contributed by atoms with Crippen LogP contribution in [0, 0.1) is 0 Å². The lowest BCUT2D eigenvalue weighted by Gasteiger charge is -2.03. The van der Waals surface area contributed by atoms with E-state index in [0.29, 0.717) is 16.4 Å². The van der Waals surface area contributed by atoms with Crippen LogP contribution in [0.25, 0.3) is 11.8 Å². The van der Waals surface area contributed by atoms with Gasteiger partial charge >= 0.3 is 5.97 Å². The molecule has 0 bridgehead atoms. The molecule has 0 radical (unpaired) electrons. The number of carbonyl (C=O) groups is 1. The Morgan fingerprint density at radius 1 is 1.09 bits per heavy atom. The third kappa shape index (κ3) is 2.90. The molecule has 22 heavy (non-hydrogen) atoms. The highest BCUT2D eigenvalue weighted by molar-refractivity contribution is 6.32. The highest BCUT2D eigenvalue weighted by atomic mass is 35.5. The lowest BCUT2D eigenvalue weighted by atomic mass is 10.1. The average molecular weight is 313 g/mol. The van der Waals surface area contributed by atoms with Crippen molar-refractivity contribution in [2.45, 2.75) is 0 Å². The minimum Gasteiger partial charge on any atom is -0.497 e. The summed E-state index contributed by atoms with van der Waals surface area (Å²) in [5.74, 6) is 0.886. The molecule has 1 aliphatic heterocycles. The lowest BCUT2D eigenvalue weighted by Crippen LogP contribution is -1.97. The van der Waals surface area contributed by atoms with E-state index < -0.39 is 0 Å². The van der Waals surface area contributed by atoms with Crippen LogP contribution < -0.4 is 4.74 Å². The Morgan fingerprint density at radius 2 is 1.82 bits per heavy atom. The molecule has 0 saturated heterocycles. The maximum Gasteiger partial charge on any atom is 0.343 e. The molecular formula is C18H13ClO3. The van der Waals surface area contributed by atoms with E-state index >= 15 is 0 Å². The molecule has 2 aromatic carbocycles. The number of halogens is 1. The highest BCUT2D eigenvalue weighted by Gasteiger charge is 2.22. The Labute approximate surface area is 133 Å². The van der Waals surface area contributed by atoms with Crippen LogP contribution in [0.1, 0.15) is 11.1 Å². The van der Waals surface area contributed by atoms with Gasteiger partial charge in [-0.1, -0.05) is 29.8 Å². The molecule has 2 aromatic rings. The summed E-state index contributed by atoms with van der Waals surface area (Å²) in [6, 6.07) is 14.7. The van der Waals surface area contributed by atoms with E-state index in [2.05, 4.69) is 0 Å². The predicted molar refractivity (Wildman–Crippen MR) is 86.5 cm³/mol. The number of benzene rings is 2.